The molecule has 2 aromatic rings. The molecule has 10 nitrogen and oxygen atoms in total. The van der Waals surface area contributed by atoms with E-state index >= 15 is 0 Å². The zero-order valence-electron chi connectivity index (χ0n) is 11.4. The highest BCUT2D eigenvalue weighted by Crippen LogP contribution is 2.31. The molecule has 0 aromatic heterocycles. The van der Waals surface area contributed by atoms with Crippen molar-refractivity contribution in [2.45, 2.75) is 9.79 Å². The van der Waals surface area contributed by atoms with Crippen LogP contribution in [-0.4, -0.2) is 18.3 Å². The van der Waals surface area contributed by atoms with Crippen LogP contribution in [0, 0.1) is 20.2 Å². The van der Waals surface area contributed by atoms with Crippen LogP contribution in [0.3, 0.4) is 0 Å². The van der Waals surface area contributed by atoms with Gasteiger partial charge in [-0.15, -0.1) is 0 Å². The molecule has 0 aliphatic heterocycles. The lowest BCUT2D eigenvalue weighted by Gasteiger charge is -2.06. The number of nitrogens with two attached hydrogens (primary N) is 2. The molecule has 2 aromatic carbocycles. The molecule has 0 radical (unpaired) electrons. The third-order valence-electron chi connectivity index (χ3n) is 3.02. The van der Waals surface area contributed by atoms with Crippen molar-refractivity contribution in [1.29, 1.82) is 0 Å². The Morgan fingerprint density at radius 2 is 1.13 bits per heavy atom. The SMILES string of the molecule is Nc1ccc(S(=O)(=O)c2ccc(N)c([N+](=O)[O-])c2)cc1[N+](=O)[O-]. The number of nitro groups is 2. The Labute approximate surface area is 129 Å². The van der Waals surface area contributed by atoms with E-state index in [0.717, 1.165) is 36.4 Å². The van der Waals surface area contributed by atoms with Crippen LogP contribution >= 0.6 is 0 Å². The molecule has 23 heavy (non-hydrogen) atoms. The van der Waals surface area contributed by atoms with E-state index in [0.29, 0.717) is 0 Å². The summed E-state index contributed by atoms with van der Waals surface area (Å²) < 4.78 is 25.0. The summed E-state index contributed by atoms with van der Waals surface area (Å²) in [6, 6.07) is 5.92. The van der Waals surface area contributed by atoms with Crippen molar-refractivity contribution in [2.24, 2.45) is 0 Å². The average Bonchev–Trinajstić information content (AvgIpc) is 2.47. The Morgan fingerprint density at radius 3 is 1.43 bits per heavy atom. The minimum absolute atomic E-state index is 0.197. The minimum Gasteiger partial charge on any atom is -0.393 e. The Bertz CT molecular complexity index is 856. The zero-order valence-corrected chi connectivity index (χ0v) is 12.2. The fraction of sp³-hybridized carbons (Fsp3) is 0. The Kier molecular flexibility index (Phi) is 3.89. The summed E-state index contributed by atoms with van der Waals surface area (Å²) in [5.41, 5.74) is 9.29. The molecule has 4 N–H and O–H groups in total. The Balaban J connectivity index is 2.64. The van der Waals surface area contributed by atoms with Crippen LogP contribution in [0.15, 0.2) is 46.2 Å². The molecule has 120 valence electrons. The van der Waals surface area contributed by atoms with Crippen LogP contribution in [0.5, 0.6) is 0 Å². The third kappa shape index (κ3) is 2.89. The predicted octanol–water partition coefficient (Wildman–Crippen LogP) is 1.50. The highest BCUT2D eigenvalue weighted by Gasteiger charge is 2.25. The van der Waals surface area contributed by atoms with Crippen molar-refractivity contribution in [3.8, 4) is 0 Å². The van der Waals surface area contributed by atoms with Gasteiger partial charge in [-0.25, -0.2) is 8.42 Å². The van der Waals surface area contributed by atoms with Gasteiger partial charge in [0.2, 0.25) is 9.84 Å². The van der Waals surface area contributed by atoms with Crippen molar-refractivity contribution < 1.29 is 18.3 Å². The van der Waals surface area contributed by atoms with Gasteiger partial charge in [-0.1, -0.05) is 0 Å². The lowest BCUT2D eigenvalue weighted by molar-refractivity contribution is -0.384. The molecule has 0 atom stereocenters. The fourth-order valence-corrected chi connectivity index (χ4v) is 3.13. The second-order valence-corrected chi connectivity index (χ2v) is 6.41. The van der Waals surface area contributed by atoms with E-state index < -0.39 is 40.8 Å². The maximum absolute atomic E-state index is 12.5. The second kappa shape index (κ2) is 5.53. The van der Waals surface area contributed by atoms with Gasteiger partial charge in [-0.3, -0.25) is 20.2 Å². The van der Waals surface area contributed by atoms with Crippen LogP contribution in [0.2, 0.25) is 0 Å². The van der Waals surface area contributed by atoms with Crippen LogP contribution in [0.4, 0.5) is 22.7 Å². The summed E-state index contributed by atoms with van der Waals surface area (Å²) in [7, 11) is -4.20. The number of nitrogens with zero attached hydrogens (tertiary/aromatic N) is 2. The Morgan fingerprint density at radius 1 is 0.783 bits per heavy atom. The van der Waals surface area contributed by atoms with Gasteiger partial charge in [-0.05, 0) is 24.3 Å². The van der Waals surface area contributed by atoms with Crippen molar-refractivity contribution in [2.75, 3.05) is 11.5 Å². The third-order valence-corrected chi connectivity index (χ3v) is 4.77. The summed E-state index contributed by atoms with van der Waals surface area (Å²) in [6.07, 6.45) is 0. The summed E-state index contributed by atoms with van der Waals surface area (Å²) in [5.74, 6) is 0. The van der Waals surface area contributed by atoms with Crippen LogP contribution in [-0.2, 0) is 9.84 Å². The molecule has 0 amide bonds. The molecule has 0 aliphatic carbocycles. The van der Waals surface area contributed by atoms with E-state index in [1.165, 1.54) is 0 Å². The molecule has 0 fully saturated rings. The van der Waals surface area contributed by atoms with E-state index in [4.69, 9.17) is 11.5 Å². The summed E-state index contributed by atoms with van der Waals surface area (Å²) in [5, 5.41) is 21.7. The van der Waals surface area contributed by atoms with E-state index in [2.05, 4.69) is 0 Å². The van der Waals surface area contributed by atoms with E-state index in [1.807, 2.05) is 0 Å². The largest absolute Gasteiger partial charge is 0.393 e. The number of nitrogen functional groups attached to an aromatic ring is 2. The maximum atomic E-state index is 12.5. The Hall–Kier alpha value is -3.21. The number of rotatable bonds is 4. The van der Waals surface area contributed by atoms with Gasteiger partial charge < -0.3 is 11.5 Å². The van der Waals surface area contributed by atoms with Crippen molar-refractivity contribution in [3.63, 3.8) is 0 Å². The summed E-state index contributed by atoms with van der Waals surface area (Å²) in [6.45, 7) is 0. The molecule has 0 saturated carbocycles. The van der Waals surface area contributed by atoms with Crippen LogP contribution < -0.4 is 11.5 Å². The number of benzene rings is 2. The highest BCUT2D eigenvalue weighted by atomic mass is 32.2. The molecule has 2 rings (SSSR count). The van der Waals surface area contributed by atoms with E-state index in [-0.39, 0.29) is 11.4 Å². The van der Waals surface area contributed by atoms with Gasteiger partial charge in [0.1, 0.15) is 11.4 Å². The average molecular weight is 338 g/mol. The van der Waals surface area contributed by atoms with Gasteiger partial charge in [0.05, 0.1) is 19.6 Å². The first kappa shape index (κ1) is 16.2. The van der Waals surface area contributed by atoms with Crippen molar-refractivity contribution in [1.82, 2.24) is 0 Å². The lowest BCUT2D eigenvalue weighted by Crippen LogP contribution is -2.06. The van der Waals surface area contributed by atoms with Crippen LogP contribution in [0.25, 0.3) is 0 Å². The first-order valence-electron chi connectivity index (χ1n) is 5.97. The van der Waals surface area contributed by atoms with Gasteiger partial charge in [0, 0.05) is 12.1 Å². The standard InChI is InChI=1S/C12H10N4O6S/c13-9-3-1-7(5-11(9)15(17)18)23(21,22)8-2-4-10(14)12(6-8)16(19)20/h1-6H,13-14H2. The van der Waals surface area contributed by atoms with Gasteiger partial charge in [0.25, 0.3) is 11.4 Å². The van der Waals surface area contributed by atoms with Crippen LogP contribution in [0.1, 0.15) is 0 Å². The zero-order chi connectivity index (χ0) is 17.4. The van der Waals surface area contributed by atoms with E-state index in [1.54, 1.807) is 0 Å². The molecule has 11 heteroatoms. The molecule has 0 unspecified atom stereocenters. The van der Waals surface area contributed by atoms with Gasteiger partial charge >= 0.3 is 0 Å². The monoisotopic (exact) mass is 338 g/mol. The number of hydrogen-bond donors (Lipinski definition) is 2. The lowest BCUT2D eigenvalue weighted by atomic mass is 10.3. The predicted molar refractivity (Wildman–Crippen MR) is 80.5 cm³/mol. The summed E-state index contributed by atoms with van der Waals surface area (Å²) in [4.78, 5) is 19.3. The quantitative estimate of drug-likeness (QED) is 0.479. The molecule has 0 heterocycles. The topological polar surface area (TPSA) is 172 Å². The molecule has 0 aliphatic rings. The van der Waals surface area contributed by atoms with Crippen molar-refractivity contribution >= 4 is 32.6 Å². The number of anilines is 2. The summed E-state index contributed by atoms with van der Waals surface area (Å²) >= 11 is 0. The first-order valence-corrected chi connectivity index (χ1v) is 7.46. The van der Waals surface area contributed by atoms with Crippen molar-refractivity contribution in [3.05, 3.63) is 56.6 Å². The minimum atomic E-state index is -4.20. The number of hydrogen-bond acceptors (Lipinski definition) is 8. The fourth-order valence-electron chi connectivity index (χ4n) is 1.83. The molecule has 0 spiro atoms. The number of sulfone groups is 1. The second-order valence-electron chi connectivity index (χ2n) is 4.46. The molecular formula is C12H10N4O6S. The smallest absolute Gasteiger partial charge is 0.293 e. The molecule has 0 saturated heterocycles. The van der Waals surface area contributed by atoms with Gasteiger partial charge in [-0.2, -0.15) is 0 Å². The van der Waals surface area contributed by atoms with E-state index in [9.17, 15) is 28.6 Å². The number of nitro benzene ring substituents is 2. The van der Waals surface area contributed by atoms with Gasteiger partial charge in [0.15, 0.2) is 0 Å². The maximum Gasteiger partial charge on any atom is 0.293 e. The normalized spacial score (nSPS) is 11.1. The molecular weight excluding hydrogens is 328 g/mol. The molecule has 0 bridgehead atoms. The first-order chi connectivity index (χ1) is 10.6. The highest BCUT2D eigenvalue weighted by molar-refractivity contribution is 7.91.